The molecular weight excluding hydrogens is 355 g/mol. The van der Waals surface area contributed by atoms with Crippen molar-refractivity contribution < 1.29 is 14.3 Å². The zero-order chi connectivity index (χ0) is 18.8. The summed E-state index contributed by atoms with van der Waals surface area (Å²) in [4.78, 5) is 15.8. The lowest BCUT2D eigenvalue weighted by Gasteiger charge is -2.38. The van der Waals surface area contributed by atoms with E-state index in [4.69, 9.17) is 11.6 Å². The van der Waals surface area contributed by atoms with Crippen molar-refractivity contribution in [3.8, 4) is 11.1 Å². The quantitative estimate of drug-likeness (QED) is 0.581. The molecule has 3 aromatic rings. The van der Waals surface area contributed by atoms with Crippen molar-refractivity contribution in [2.75, 3.05) is 5.32 Å². The first-order valence-corrected chi connectivity index (χ1v) is 8.69. The van der Waals surface area contributed by atoms with E-state index in [2.05, 4.69) is 10.3 Å². The van der Waals surface area contributed by atoms with Gasteiger partial charge in [-0.3, -0.25) is 4.79 Å². The maximum Gasteiger partial charge on any atom is 0.198 e. The number of ketones is 1. The van der Waals surface area contributed by atoms with Crippen molar-refractivity contribution >= 4 is 34.0 Å². The number of benzene rings is 2. The molecule has 1 atom stereocenters. The molecule has 4 nitrogen and oxygen atoms in total. The average molecular weight is 373 g/mol. The Labute approximate surface area is 155 Å². The topological polar surface area (TPSA) is 65.1 Å². The van der Waals surface area contributed by atoms with E-state index >= 15 is 4.39 Å². The second-order valence-corrected chi connectivity index (χ2v) is 7.69. The molecule has 0 saturated carbocycles. The van der Waals surface area contributed by atoms with Crippen LogP contribution in [0.2, 0.25) is 5.02 Å². The number of fused-ring (bicyclic) bond motifs is 2. The number of para-hydroxylation sites is 1. The van der Waals surface area contributed by atoms with E-state index in [1.807, 2.05) is 13.0 Å². The molecule has 2 heterocycles. The van der Waals surface area contributed by atoms with Crippen LogP contribution in [0.3, 0.4) is 0 Å². The number of aromatic nitrogens is 1. The van der Waals surface area contributed by atoms with Crippen LogP contribution in [0.4, 0.5) is 10.1 Å². The number of rotatable bonds is 1. The number of Topliss-reactive ketones (excluding diaryl/α,β-unsaturated/α-hetero) is 1. The zero-order valence-corrected chi connectivity index (χ0v) is 15.3. The van der Waals surface area contributed by atoms with Crippen molar-refractivity contribution in [2.45, 2.75) is 32.4 Å². The van der Waals surface area contributed by atoms with Crippen molar-refractivity contribution in [2.24, 2.45) is 0 Å². The average Bonchev–Trinajstić information content (AvgIpc) is 2.97. The highest BCUT2D eigenvalue weighted by atomic mass is 35.5. The largest absolute Gasteiger partial charge is 0.382 e. The molecule has 3 N–H and O–H groups in total. The van der Waals surface area contributed by atoms with E-state index in [9.17, 15) is 9.90 Å². The molecular formula is C20H18ClFN2O2. The third kappa shape index (κ3) is 2.27. The predicted molar refractivity (Wildman–Crippen MR) is 101 cm³/mol. The number of aromatic amines is 1. The van der Waals surface area contributed by atoms with Crippen molar-refractivity contribution in [1.82, 2.24) is 4.98 Å². The molecule has 0 fully saturated rings. The molecule has 1 unspecified atom stereocenters. The fourth-order valence-electron chi connectivity index (χ4n) is 3.58. The van der Waals surface area contributed by atoms with Gasteiger partial charge in [0.15, 0.2) is 5.78 Å². The second kappa shape index (κ2) is 5.56. The normalized spacial score (nSPS) is 18.7. The first-order valence-electron chi connectivity index (χ1n) is 8.32. The molecule has 0 amide bonds. The van der Waals surface area contributed by atoms with Gasteiger partial charge in [-0.2, -0.15) is 0 Å². The molecule has 0 saturated heterocycles. The number of aryl methyl sites for hydroxylation is 1. The summed E-state index contributed by atoms with van der Waals surface area (Å²) in [5.74, 6) is -1.25. The number of carbonyl (C=O) groups excluding carboxylic acids is 1. The van der Waals surface area contributed by atoms with Gasteiger partial charge in [0.2, 0.25) is 0 Å². The first kappa shape index (κ1) is 17.1. The Morgan fingerprint density at radius 2 is 2.00 bits per heavy atom. The van der Waals surface area contributed by atoms with Crippen molar-refractivity contribution in [3.63, 3.8) is 0 Å². The summed E-state index contributed by atoms with van der Waals surface area (Å²) < 4.78 is 15.4. The van der Waals surface area contributed by atoms with Crippen molar-refractivity contribution in [1.29, 1.82) is 0 Å². The maximum absolute atomic E-state index is 15.4. The molecule has 1 aliphatic heterocycles. The van der Waals surface area contributed by atoms with E-state index in [0.717, 1.165) is 10.9 Å². The Morgan fingerprint density at radius 1 is 1.27 bits per heavy atom. The van der Waals surface area contributed by atoms with Gasteiger partial charge >= 0.3 is 0 Å². The molecule has 26 heavy (non-hydrogen) atoms. The Kier molecular flexibility index (Phi) is 3.65. The van der Waals surface area contributed by atoms with Crippen LogP contribution in [-0.4, -0.2) is 27.5 Å². The summed E-state index contributed by atoms with van der Waals surface area (Å²) in [6, 6.07) is 7.13. The van der Waals surface area contributed by atoms with Gasteiger partial charge in [0.05, 0.1) is 27.3 Å². The van der Waals surface area contributed by atoms with Crippen LogP contribution in [0.15, 0.2) is 30.5 Å². The zero-order valence-electron chi connectivity index (χ0n) is 14.6. The van der Waals surface area contributed by atoms with Gasteiger partial charge in [-0.25, -0.2) is 4.39 Å². The standard InChI is InChI=1S/C20H18ClFN2O2/c1-9-7-12(10-5-4-6-11-13(21)8-23-17(10)11)15(22)14-16(9)24-20(2,3)19(26)18(14)25/h4-8,19,23-24,26H,1-3H3. The molecule has 2 aromatic carbocycles. The monoisotopic (exact) mass is 372 g/mol. The highest BCUT2D eigenvalue weighted by molar-refractivity contribution is 6.36. The van der Waals surface area contributed by atoms with Crippen LogP contribution >= 0.6 is 11.6 Å². The molecule has 1 aliphatic rings. The lowest BCUT2D eigenvalue weighted by Crippen LogP contribution is -2.52. The number of aliphatic hydroxyl groups is 1. The number of H-pyrrole nitrogens is 1. The lowest BCUT2D eigenvalue weighted by atomic mass is 9.82. The van der Waals surface area contributed by atoms with Gasteiger partial charge in [0.1, 0.15) is 11.9 Å². The number of hydrogen-bond donors (Lipinski definition) is 3. The summed E-state index contributed by atoms with van der Waals surface area (Å²) in [5, 5.41) is 14.7. The van der Waals surface area contributed by atoms with Crippen LogP contribution in [0, 0.1) is 12.7 Å². The third-order valence-electron chi connectivity index (χ3n) is 5.04. The Bertz CT molecular complexity index is 1070. The summed E-state index contributed by atoms with van der Waals surface area (Å²) in [6.45, 7) is 5.24. The minimum Gasteiger partial charge on any atom is -0.382 e. The van der Waals surface area contributed by atoms with Gasteiger partial charge in [0.25, 0.3) is 0 Å². The summed E-state index contributed by atoms with van der Waals surface area (Å²) in [6.07, 6.45) is 0.326. The van der Waals surface area contributed by atoms with E-state index in [-0.39, 0.29) is 5.56 Å². The smallest absolute Gasteiger partial charge is 0.198 e. The first-order chi connectivity index (χ1) is 12.2. The minimum absolute atomic E-state index is 0.0959. The number of carbonyl (C=O) groups is 1. The maximum atomic E-state index is 15.4. The van der Waals surface area contributed by atoms with E-state index in [1.54, 1.807) is 38.2 Å². The highest BCUT2D eigenvalue weighted by Crippen LogP contribution is 2.41. The number of halogens is 2. The lowest BCUT2D eigenvalue weighted by molar-refractivity contribution is 0.0600. The molecule has 0 aliphatic carbocycles. The number of nitrogens with one attached hydrogen (secondary N) is 2. The summed E-state index contributed by atoms with van der Waals surface area (Å²) in [5.41, 5.74) is 1.82. The SMILES string of the molecule is Cc1cc(-c2cccc3c(Cl)c[nH]c23)c(F)c2c1NC(C)(C)C(O)C2=O. The Hall–Kier alpha value is -2.37. The Balaban J connectivity index is 2.01. The van der Waals surface area contributed by atoms with Gasteiger partial charge < -0.3 is 15.4 Å². The Morgan fingerprint density at radius 3 is 2.73 bits per heavy atom. The molecule has 4 rings (SSSR count). The molecule has 134 valence electrons. The van der Waals surface area contributed by atoms with E-state index in [0.29, 0.717) is 27.4 Å². The van der Waals surface area contributed by atoms with Gasteiger partial charge in [-0.1, -0.05) is 29.8 Å². The van der Waals surface area contributed by atoms with Crippen LogP contribution in [0.25, 0.3) is 22.0 Å². The van der Waals surface area contributed by atoms with E-state index < -0.39 is 23.2 Å². The molecule has 0 bridgehead atoms. The molecule has 6 heteroatoms. The van der Waals surface area contributed by atoms with Gasteiger partial charge in [0, 0.05) is 22.7 Å². The van der Waals surface area contributed by atoms with Crippen LogP contribution in [0.5, 0.6) is 0 Å². The van der Waals surface area contributed by atoms with Crippen LogP contribution in [-0.2, 0) is 0 Å². The summed E-state index contributed by atoms with van der Waals surface area (Å²) >= 11 is 6.17. The van der Waals surface area contributed by atoms with E-state index in [1.165, 1.54) is 0 Å². The van der Waals surface area contributed by atoms with Crippen molar-refractivity contribution in [3.05, 3.63) is 52.4 Å². The number of anilines is 1. The molecule has 0 radical (unpaired) electrons. The third-order valence-corrected chi connectivity index (χ3v) is 5.35. The minimum atomic E-state index is -1.32. The fourth-order valence-corrected chi connectivity index (χ4v) is 3.79. The highest BCUT2D eigenvalue weighted by Gasteiger charge is 2.42. The predicted octanol–water partition coefficient (Wildman–Crippen LogP) is 4.68. The molecule has 0 spiro atoms. The van der Waals surface area contributed by atoms with Crippen LogP contribution < -0.4 is 5.32 Å². The fraction of sp³-hybridized carbons (Fsp3) is 0.250. The molecule has 1 aromatic heterocycles. The second-order valence-electron chi connectivity index (χ2n) is 7.28. The summed E-state index contributed by atoms with van der Waals surface area (Å²) in [7, 11) is 0. The van der Waals surface area contributed by atoms with Crippen LogP contribution in [0.1, 0.15) is 29.8 Å². The van der Waals surface area contributed by atoms with Gasteiger partial charge in [-0.05, 0) is 32.4 Å². The number of hydrogen-bond acceptors (Lipinski definition) is 3. The number of aliphatic hydroxyl groups excluding tert-OH is 1. The van der Waals surface area contributed by atoms with Gasteiger partial charge in [-0.15, -0.1) is 0 Å².